The van der Waals surface area contributed by atoms with Crippen LogP contribution in [0.4, 0.5) is 13.2 Å². The Morgan fingerprint density at radius 3 is 2.47 bits per heavy atom. The summed E-state index contributed by atoms with van der Waals surface area (Å²) >= 11 is 2.12. The predicted molar refractivity (Wildman–Crippen MR) is 69.4 cm³/mol. The van der Waals surface area contributed by atoms with Crippen LogP contribution < -0.4 is 0 Å². The molecule has 0 saturated heterocycles. The van der Waals surface area contributed by atoms with Crippen LogP contribution in [0.1, 0.15) is 23.7 Å². The van der Waals surface area contributed by atoms with Gasteiger partial charge in [0.25, 0.3) is 0 Å². The molecule has 0 amide bonds. The maximum atomic E-state index is 12.0. The third-order valence-corrected chi connectivity index (χ3v) is 3.18. The van der Waals surface area contributed by atoms with Crippen LogP contribution in [0.25, 0.3) is 0 Å². The molecule has 1 aromatic rings. The second-order valence-electron chi connectivity index (χ2n) is 3.74. The van der Waals surface area contributed by atoms with E-state index in [1.807, 2.05) is 31.2 Å². The monoisotopic (exact) mass is 358 g/mol. The molecule has 0 fully saturated rings. The molecule has 1 rings (SSSR count). The SMILES string of the molecule is Cc1ccccc1C(CI)OCCC(F)(F)F. The van der Waals surface area contributed by atoms with Crippen molar-refractivity contribution in [2.24, 2.45) is 0 Å². The number of hydrogen-bond acceptors (Lipinski definition) is 1. The molecule has 96 valence electrons. The Labute approximate surface area is 112 Å². The van der Waals surface area contributed by atoms with Crippen molar-refractivity contribution in [3.63, 3.8) is 0 Å². The number of halogens is 4. The van der Waals surface area contributed by atoms with Crippen molar-refractivity contribution in [3.8, 4) is 0 Å². The van der Waals surface area contributed by atoms with Crippen LogP contribution in [0.5, 0.6) is 0 Å². The second kappa shape index (κ2) is 6.58. The summed E-state index contributed by atoms with van der Waals surface area (Å²) in [6.07, 6.45) is -5.31. The highest BCUT2D eigenvalue weighted by atomic mass is 127. The lowest BCUT2D eigenvalue weighted by atomic mass is 10.0. The average molecular weight is 358 g/mol. The third kappa shape index (κ3) is 5.25. The van der Waals surface area contributed by atoms with E-state index in [-0.39, 0.29) is 12.7 Å². The van der Waals surface area contributed by atoms with Gasteiger partial charge in [0.05, 0.1) is 19.1 Å². The highest BCUT2D eigenvalue weighted by Gasteiger charge is 2.27. The van der Waals surface area contributed by atoms with Gasteiger partial charge in [-0.3, -0.25) is 0 Å². The van der Waals surface area contributed by atoms with Crippen molar-refractivity contribution in [1.29, 1.82) is 0 Å². The molecule has 0 N–H and O–H groups in total. The first kappa shape index (κ1) is 14.8. The molecular weight excluding hydrogens is 344 g/mol. The molecule has 17 heavy (non-hydrogen) atoms. The quantitative estimate of drug-likeness (QED) is 0.559. The Bertz CT molecular complexity index is 352. The van der Waals surface area contributed by atoms with Crippen LogP contribution in [0.2, 0.25) is 0 Å². The van der Waals surface area contributed by atoms with Crippen LogP contribution in [-0.2, 0) is 4.74 Å². The van der Waals surface area contributed by atoms with E-state index in [1.54, 1.807) is 0 Å². The smallest absolute Gasteiger partial charge is 0.372 e. The van der Waals surface area contributed by atoms with Crippen molar-refractivity contribution in [3.05, 3.63) is 35.4 Å². The summed E-state index contributed by atoms with van der Waals surface area (Å²) in [4.78, 5) is 0. The largest absolute Gasteiger partial charge is 0.391 e. The fraction of sp³-hybridized carbons (Fsp3) is 0.500. The van der Waals surface area contributed by atoms with Gasteiger partial charge in [0.1, 0.15) is 0 Å². The molecule has 0 saturated carbocycles. The van der Waals surface area contributed by atoms with Crippen LogP contribution in [0.3, 0.4) is 0 Å². The van der Waals surface area contributed by atoms with Gasteiger partial charge in [0.2, 0.25) is 0 Å². The lowest BCUT2D eigenvalue weighted by Crippen LogP contribution is -2.15. The van der Waals surface area contributed by atoms with Crippen LogP contribution in [0, 0.1) is 6.92 Å². The molecule has 1 nitrogen and oxygen atoms in total. The zero-order valence-corrected chi connectivity index (χ0v) is 11.6. The third-order valence-electron chi connectivity index (χ3n) is 2.38. The average Bonchev–Trinajstić information content (AvgIpc) is 2.24. The van der Waals surface area contributed by atoms with E-state index >= 15 is 0 Å². The van der Waals surface area contributed by atoms with Gasteiger partial charge in [-0.1, -0.05) is 46.9 Å². The topological polar surface area (TPSA) is 9.23 Å². The molecule has 1 aromatic carbocycles. The molecule has 0 aliphatic heterocycles. The van der Waals surface area contributed by atoms with E-state index in [0.29, 0.717) is 4.43 Å². The maximum Gasteiger partial charge on any atom is 0.391 e. The van der Waals surface area contributed by atoms with Crippen molar-refractivity contribution in [2.45, 2.75) is 25.6 Å². The first-order valence-electron chi connectivity index (χ1n) is 5.24. The number of benzene rings is 1. The van der Waals surface area contributed by atoms with Gasteiger partial charge in [-0.15, -0.1) is 0 Å². The summed E-state index contributed by atoms with van der Waals surface area (Å²) in [6.45, 7) is 1.65. The van der Waals surface area contributed by atoms with Crippen molar-refractivity contribution in [1.82, 2.24) is 0 Å². The van der Waals surface area contributed by atoms with Gasteiger partial charge in [-0.2, -0.15) is 13.2 Å². The fourth-order valence-electron chi connectivity index (χ4n) is 1.48. The van der Waals surface area contributed by atoms with Crippen LogP contribution >= 0.6 is 22.6 Å². The second-order valence-corrected chi connectivity index (χ2v) is 4.62. The molecule has 0 bridgehead atoms. The minimum Gasteiger partial charge on any atom is -0.372 e. The molecule has 0 aliphatic rings. The number of hydrogen-bond donors (Lipinski definition) is 0. The van der Waals surface area contributed by atoms with E-state index in [9.17, 15) is 13.2 Å². The summed E-state index contributed by atoms with van der Waals surface area (Å²) in [5, 5.41) is 0. The highest BCUT2D eigenvalue weighted by molar-refractivity contribution is 14.1. The van der Waals surface area contributed by atoms with Gasteiger partial charge in [0.15, 0.2) is 0 Å². The van der Waals surface area contributed by atoms with Crippen molar-refractivity contribution >= 4 is 22.6 Å². The van der Waals surface area contributed by atoms with Crippen LogP contribution in [0.15, 0.2) is 24.3 Å². The Morgan fingerprint density at radius 2 is 1.94 bits per heavy atom. The standard InChI is InChI=1S/C12H14F3IO/c1-9-4-2-3-5-10(9)11(8-16)17-7-6-12(13,14)15/h2-5,11H,6-8H2,1H3. The molecule has 0 aromatic heterocycles. The van der Waals surface area contributed by atoms with E-state index < -0.39 is 12.6 Å². The number of alkyl halides is 4. The lowest BCUT2D eigenvalue weighted by Gasteiger charge is -2.18. The summed E-state index contributed by atoms with van der Waals surface area (Å²) in [5.74, 6) is 0. The molecule has 0 spiro atoms. The maximum absolute atomic E-state index is 12.0. The van der Waals surface area contributed by atoms with Gasteiger partial charge >= 0.3 is 6.18 Å². The normalized spacial score (nSPS) is 13.7. The first-order chi connectivity index (χ1) is 7.94. The minimum absolute atomic E-state index is 0.265. The molecule has 0 aliphatic carbocycles. The van der Waals surface area contributed by atoms with Gasteiger partial charge in [-0.05, 0) is 18.1 Å². The highest BCUT2D eigenvalue weighted by Crippen LogP contribution is 2.25. The van der Waals surface area contributed by atoms with Crippen molar-refractivity contribution in [2.75, 3.05) is 11.0 Å². The summed E-state index contributed by atoms with van der Waals surface area (Å²) in [5.41, 5.74) is 2.00. The Morgan fingerprint density at radius 1 is 1.29 bits per heavy atom. The predicted octanol–water partition coefficient (Wildman–Crippen LogP) is 4.44. The van der Waals surface area contributed by atoms with E-state index in [0.717, 1.165) is 11.1 Å². The molecular formula is C12H14F3IO. The number of ether oxygens (including phenoxy) is 1. The van der Waals surface area contributed by atoms with Crippen molar-refractivity contribution < 1.29 is 17.9 Å². The summed E-state index contributed by atoms with van der Waals surface area (Å²) in [6, 6.07) is 7.60. The van der Waals surface area contributed by atoms with Gasteiger partial charge in [-0.25, -0.2) is 0 Å². The molecule has 5 heteroatoms. The molecule has 1 atom stereocenters. The van der Waals surface area contributed by atoms with Crippen LogP contribution in [-0.4, -0.2) is 17.2 Å². The molecule has 0 heterocycles. The molecule has 1 unspecified atom stereocenters. The minimum atomic E-state index is -4.15. The number of aryl methyl sites for hydroxylation is 1. The fourth-order valence-corrected chi connectivity index (χ4v) is 2.21. The Hall–Kier alpha value is -0.300. The zero-order chi connectivity index (χ0) is 12.9. The van der Waals surface area contributed by atoms with E-state index in [1.165, 1.54) is 0 Å². The van der Waals surface area contributed by atoms with E-state index in [4.69, 9.17) is 4.74 Å². The van der Waals surface area contributed by atoms with E-state index in [2.05, 4.69) is 22.6 Å². The van der Waals surface area contributed by atoms with Gasteiger partial charge < -0.3 is 4.74 Å². The summed E-state index contributed by atoms with van der Waals surface area (Å²) in [7, 11) is 0. The summed E-state index contributed by atoms with van der Waals surface area (Å²) < 4.78 is 42.0. The first-order valence-corrected chi connectivity index (χ1v) is 6.76. The Balaban J connectivity index is 2.58. The number of rotatable bonds is 5. The lowest BCUT2D eigenvalue weighted by molar-refractivity contribution is -0.148. The van der Waals surface area contributed by atoms with Gasteiger partial charge in [0, 0.05) is 4.43 Å². The Kier molecular flexibility index (Phi) is 5.72. The molecule has 0 radical (unpaired) electrons. The zero-order valence-electron chi connectivity index (χ0n) is 9.43.